The summed E-state index contributed by atoms with van der Waals surface area (Å²) in [5.74, 6) is -0.996. The van der Waals surface area contributed by atoms with Gasteiger partial charge in [0.2, 0.25) is 5.91 Å². The van der Waals surface area contributed by atoms with Crippen molar-refractivity contribution in [1.82, 2.24) is 20.0 Å². The van der Waals surface area contributed by atoms with E-state index in [0.29, 0.717) is 42.6 Å². The van der Waals surface area contributed by atoms with Gasteiger partial charge in [-0.2, -0.15) is 5.10 Å². The first-order chi connectivity index (χ1) is 16.2. The van der Waals surface area contributed by atoms with E-state index in [4.69, 9.17) is 0 Å². The summed E-state index contributed by atoms with van der Waals surface area (Å²) in [5.41, 5.74) is -1.28. The fraction of sp³-hybridized carbons (Fsp3) is 0.682. The van der Waals surface area contributed by atoms with Crippen LogP contribution in [0.2, 0.25) is 0 Å². The first-order valence-electron chi connectivity index (χ1n) is 11.5. The number of carbonyl (C=O) groups excluding carboxylic acids is 1. The van der Waals surface area contributed by atoms with Crippen LogP contribution in [0.5, 0.6) is 0 Å². The van der Waals surface area contributed by atoms with Gasteiger partial charge in [0, 0.05) is 18.5 Å². The maximum Gasteiger partial charge on any atom is 0.352 e. The van der Waals surface area contributed by atoms with E-state index in [0.717, 1.165) is 25.7 Å². The lowest BCUT2D eigenvalue weighted by molar-refractivity contribution is -0.134. The molecule has 1 atom stereocenters. The molecule has 1 aliphatic carbocycles. The number of carboxylic acids is 1. The van der Waals surface area contributed by atoms with E-state index >= 15 is 0 Å². The number of nitrogens with zero attached hydrogens (tertiary/aromatic N) is 3. The fourth-order valence-electron chi connectivity index (χ4n) is 5.44. The van der Waals surface area contributed by atoms with Gasteiger partial charge in [0.05, 0.1) is 4.87 Å². The summed E-state index contributed by atoms with van der Waals surface area (Å²) in [7, 11) is 0. The molecular weight excluding hydrogens is 476 g/mol. The van der Waals surface area contributed by atoms with Crippen molar-refractivity contribution >= 4 is 23.6 Å². The van der Waals surface area contributed by atoms with E-state index in [2.05, 4.69) is 10.4 Å². The van der Waals surface area contributed by atoms with Gasteiger partial charge in [-0.25, -0.2) is 22.4 Å². The number of carboxylic acid groups (broad SMARTS) is 1. The highest BCUT2D eigenvalue weighted by Gasteiger charge is 2.50. The van der Waals surface area contributed by atoms with Crippen LogP contribution >= 0.6 is 11.8 Å². The van der Waals surface area contributed by atoms with Crippen molar-refractivity contribution in [2.45, 2.75) is 69.2 Å². The Balaban J connectivity index is 1.43. The summed E-state index contributed by atoms with van der Waals surface area (Å²) >= 11 is 1.54. The number of hydrogen-bond donors (Lipinski definition) is 2. The zero-order valence-corrected chi connectivity index (χ0v) is 19.4. The van der Waals surface area contributed by atoms with E-state index in [1.807, 2.05) is 0 Å². The number of carbonyl (C=O) groups is 2. The van der Waals surface area contributed by atoms with Gasteiger partial charge in [-0.05, 0) is 43.6 Å². The Bertz CT molecular complexity index is 943. The molecule has 1 aromatic heterocycles. The van der Waals surface area contributed by atoms with Gasteiger partial charge < -0.3 is 15.3 Å². The third-order valence-electron chi connectivity index (χ3n) is 7.16. The second-order valence-corrected chi connectivity index (χ2v) is 10.3. The number of alkyl halides is 4. The Labute approximate surface area is 198 Å². The van der Waals surface area contributed by atoms with Crippen molar-refractivity contribution < 1.29 is 32.3 Å². The van der Waals surface area contributed by atoms with Crippen molar-refractivity contribution in [1.29, 1.82) is 0 Å². The van der Waals surface area contributed by atoms with Crippen LogP contribution in [0.4, 0.5) is 17.6 Å². The Morgan fingerprint density at radius 3 is 2.29 bits per heavy atom. The predicted molar refractivity (Wildman–Crippen MR) is 117 cm³/mol. The lowest BCUT2D eigenvalue weighted by Crippen LogP contribution is -2.55. The summed E-state index contributed by atoms with van der Waals surface area (Å²) in [4.78, 5) is 25.5. The van der Waals surface area contributed by atoms with E-state index < -0.39 is 47.5 Å². The van der Waals surface area contributed by atoms with Crippen LogP contribution in [0.1, 0.15) is 69.2 Å². The molecule has 3 heterocycles. The first kappa shape index (κ1) is 24.9. The number of halogens is 4. The van der Waals surface area contributed by atoms with Gasteiger partial charge in [-0.15, -0.1) is 11.8 Å². The molecule has 2 N–H and O–H groups in total. The largest absolute Gasteiger partial charge is 0.477 e. The molecule has 0 aromatic carbocycles. The van der Waals surface area contributed by atoms with Gasteiger partial charge in [0.15, 0.2) is 0 Å². The van der Waals surface area contributed by atoms with Crippen LogP contribution < -0.4 is 5.32 Å². The van der Waals surface area contributed by atoms with Gasteiger partial charge in [0.1, 0.15) is 23.6 Å². The number of piperidine rings is 1. The van der Waals surface area contributed by atoms with Crippen molar-refractivity contribution in [3.63, 3.8) is 0 Å². The number of likely N-dealkylation sites (tertiary alicyclic amines) is 1. The molecule has 0 bridgehead atoms. The number of thioether (sulfide) groups is 1. The third-order valence-corrected chi connectivity index (χ3v) is 8.67. The average molecular weight is 505 g/mol. The first-order valence-corrected chi connectivity index (χ1v) is 12.4. The summed E-state index contributed by atoms with van der Waals surface area (Å²) in [5, 5.41) is 18.0. The number of amides is 1. The highest BCUT2D eigenvalue weighted by molar-refractivity contribution is 8.03. The van der Waals surface area contributed by atoms with Crippen molar-refractivity contribution in [2.75, 3.05) is 13.1 Å². The molecule has 3 aliphatic rings. The lowest BCUT2D eigenvalue weighted by atomic mass is 9.74. The van der Waals surface area contributed by atoms with E-state index in [1.165, 1.54) is 18.2 Å². The molecule has 4 rings (SSSR count). The highest BCUT2D eigenvalue weighted by atomic mass is 32.2. The molecule has 1 aromatic rings. The smallest absolute Gasteiger partial charge is 0.352 e. The van der Waals surface area contributed by atoms with Gasteiger partial charge in [0.25, 0.3) is 12.9 Å². The Morgan fingerprint density at radius 1 is 1.09 bits per heavy atom. The second-order valence-electron chi connectivity index (χ2n) is 9.12. The molecule has 2 fully saturated rings. The van der Waals surface area contributed by atoms with Crippen molar-refractivity contribution in [2.24, 2.45) is 11.8 Å². The van der Waals surface area contributed by atoms with Crippen LogP contribution in [0.15, 0.2) is 17.2 Å². The monoisotopic (exact) mass is 504 g/mol. The highest BCUT2D eigenvalue weighted by Crippen LogP contribution is 2.51. The molecule has 34 heavy (non-hydrogen) atoms. The standard InChI is InChI=1S/C22H28F4N4O3S/c23-19(24)15-10-17(20(25)26)30(28-15)11-18(31)29-8-6-14(7-9-29)22(13-4-2-1-3-5-13)27-16(12-34-22)21(32)33/h10,12-14,19-20,27H,1-9,11H2,(H,32,33). The summed E-state index contributed by atoms with van der Waals surface area (Å²) in [6.45, 7) is 0.244. The number of aliphatic carboxylic acids is 1. The summed E-state index contributed by atoms with van der Waals surface area (Å²) in [6, 6.07) is 0.638. The van der Waals surface area contributed by atoms with Crippen LogP contribution in [0, 0.1) is 11.8 Å². The Morgan fingerprint density at radius 2 is 1.74 bits per heavy atom. The summed E-state index contributed by atoms with van der Waals surface area (Å²) in [6.07, 6.45) is 0.653. The average Bonchev–Trinajstić information content (AvgIpc) is 3.46. The minimum absolute atomic E-state index is 0.129. The molecule has 0 radical (unpaired) electrons. The molecule has 1 unspecified atom stereocenters. The van der Waals surface area contributed by atoms with Crippen LogP contribution in [-0.2, 0) is 16.1 Å². The van der Waals surface area contributed by atoms with Crippen LogP contribution in [0.25, 0.3) is 0 Å². The Hall–Kier alpha value is -2.24. The summed E-state index contributed by atoms with van der Waals surface area (Å²) < 4.78 is 53.0. The fourth-order valence-corrected chi connectivity index (χ4v) is 6.94. The van der Waals surface area contributed by atoms with E-state index in [9.17, 15) is 32.3 Å². The molecule has 12 heteroatoms. The topological polar surface area (TPSA) is 87.5 Å². The SMILES string of the molecule is O=C(O)C1=CSC(C2CCCCC2)(C2CCN(C(=O)Cn3nc(C(F)F)cc3C(F)F)CC2)N1. The molecular formula is C22H28F4N4O3S. The normalized spacial score (nSPS) is 24.5. The van der Waals surface area contributed by atoms with Crippen LogP contribution in [0.3, 0.4) is 0 Å². The van der Waals surface area contributed by atoms with Crippen molar-refractivity contribution in [3.05, 3.63) is 28.6 Å². The van der Waals surface area contributed by atoms with Gasteiger partial charge in [-0.3, -0.25) is 9.48 Å². The zero-order valence-electron chi connectivity index (χ0n) is 18.6. The number of nitrogens with one attached hydrogen (secondary N) is 1. The number of rotatable bonds is 7. The second kappa shape index (κ2) is 10.2. The van der Waals surface area contributed by atoms with Crippen molar-refractivity contribution in [3.8, 4) is 0 Å². The maximum atomic E-state index is 13.2. The molecule has 1 saturated carbocycles. The van der Waals surface area contributed by atoms with Gasteiger partial charge >= 0.3 is 5.97 Å². The van der Waals surface area contributed by atoms with Gasteiger partial charge in [-0.1, -0.05) is 19.3 Å². The maximum absolute atomic E-state index is 13.2. The zero-order chi connectivity index (χ0) is 24.5. The number of aromatic nitrogens is 2. The lowest BCUT2D eigenvalue weighted by Gasteiger charge is -2.48. The molecule has 1 saturated heterocycles. The minimum Gasteiger partial charge on any atom is -0.477 e. The van der Waals surface area contributed by atoms with Crippen LogP contribution in [-0.4, -0.2) is 49.6 Å². The predicted octanol–water partition coefficient (Wildman–Crippen LogP) is 4.54. The molecule has 188 valence electrons. The van der Waals surface area contributed by atoms with E-state index in [1.54, 1.807) is 10.3 Å². The quantitative estimate of drug-likeness (QED) is 0.531. The number of hydrogen-bond acceptors (Lipinski definition) is 5. The molecule has 1 amide bonds. The van der Waals surface area contributed by atoms with E-state index in [-0.39, 0.29) is 11.6 Å². The molecule has 7 nitrogen and oxygen atoms in total. The third kappa shape index (κ3) is 4.92. The molecule has 0 spiro atoms. The Kier molecular flexibility index (Phi) is 7.44. The minimum atomic E-state index is -3.02. The molecule has 2 aliphatic heterocycles.